The number of halogens is 4. The molecule has 0 spiro atoms. The Labute approximate surface area is 226 Å². The summed E-state index contributed by atoms with van der Waals surface area (Å²) in [5.74, 6) is -1.84. The van der Waals surface area contributed by atoms with E-state index in [1.165, 1.54) is 46.9 Å². The van der Waals surface area contributed by atoms with Gasteiger partial charge in [-0.15, -0.1) is 22.7 Å². The highest BCUT2D eigenvalue weighted by molar-refractivity contribution is 9.10. The zero-order valence-corrected chi connectivity index (χ0v) is 22.6. The lowest BCUT2D eigenvalue weighted by Crippen LogP contribution is -2.05. The van der Waals surface area contributed by atoms with Gasteiger partial charge in [0.05, 0.1) is 30.1 Å². The van der Waals surface area contributed by atoms with Crippen LogP contribution in [0.25, 0.3) is 31.3 Å². The molecule has 5 aromatic rings. The third-order valence-corrected chi connectivity index (χ3v) is 8.58. The van der Waals surface area contributed by atoms with Gasteiger partial charge in [0.15, 0.2) is 0 Å². The number of carbonyl (C=O) groups excluding carboxylic acids is 1. The van der Waals surface area contributed by atoms with Crippen LogP contribution in [0.2, 0.25) is 0 Å². The lowest BCUT2D eigenvalue weighted by Gasteiger charge is -2.08. The molecule has 3 aromatic carbocycles. The Morgan fingerprint density at radius 2 is 1.46 bits per heavy atom. The molecule has 2 N–H and O–H groups in total. The van der Waals surface area contributed by atoms with Gasteiger partial charge in [0.25, 0.3) is 0 Å². The van der Waals surface area contributed by atoms with E-state index in [0.29, 0.717) is 31.5 Å². The predicted octanol–water partition coefficient (Wildman–Crippen LogP) is 7.81. The van der Waals surface area contributed by atoms with Gasteiger partial charge in [-0.05, 0) is 82.5 Å². The summed E-state index contributed by atoms with van der Waals surface area (Å²) in [4.78, 5) is 13.3. The molecule has 0 saturated carbocycles. The van der Waals surface area contributed by atoms with E-state index in [-0.39, 0.29) is 31.2 Å². The zero-order chi connectivity index (χ0) is 26.7. The number of thiophene rings is 2. The van der Waals surface area contributed by atoms with E-state index in [4.69, 9.17) is 9.84 Å². The van der Waals surface area contributed by atoms with Gasteiger partial charge in [-0.3, -0.25) is 0 Å². The molecule has 0 unspecified atom stereocenters. The molecule has 0 radical (unpaired) electrons. The fraction of sp³-hybridized carbons (Fsp3) is 0.148. The van der Waals surface area contributed by atoms with Crippen LogP contribution in [-0.4, -0.2) is 22.8 Å². The van der Waals surface area contributed by atoms with Crippen LogP contribution in [0.5, 0.6) is 0 Å². The molecule has 10 heteroatoms. The summed E-state index contributed by atoms with van der Waals surface area (Å²) in [5, 5.41) is 19.1. The van der Waals surface area contributed by atoms with Crippen molar-refractivity contribution in [2.24, 2.45) is 0 Å². The third kappa shape index (κ3) is 5.89. The second-order valence-corrected chi connectivity index (χ2v) is 10.9. The molecule has 0 aliphatic heterocycles. The quantitative estimate of drug-likeness (QED) is 0.200. The van der Waals surface area contributed by atoms with Crippen molar-refractivity contribution < 1.29 is 32.9 Å². The first-order valence-electron chi connectivity index (χ1n) is 11.0. The van der Waals surface area contributed by atoms with Gasteiger partial charge in [-0.1, -0.05) is 6.07 Å². The Hall–Kier alpha value is -2.76. The molecular weight excluding hydrogens is 589 g/mol. The Morgan fingerprint density at radius 1 is 0.865 bits per heavy atom. The summed E-state index contributed by atoms with van der Waals surface area (Å²) in [6.45, 7) is 1.63. The number of aliphatic hydroxyl groups excluding tert-OH is 2. The second-order valence-electron chi connectivity index (χ2n) is 7.80. The van der Waals surface area contributed by atoms with Crippen molar-refractivity contribution in [1.82, 2.24) is 0 Å². The Kier molecular flexibility index (Phi) is 8.66. The minimum Gasteiger partial charge on any atom is -0.462 e. The molecule has 0 fully saturated rings. The normalized spacial score (nSPS) is 11.0. The number of benzene rings is 3. The van der Waals surface area contributed by atoms with Crippen LogP contribution in [0.15, 0.2) is 59.1 Å². The fourth-order valence-electron chi connectivity index (χ4n) is 3.71. The monoisotopic (exact) mass is 608 g/mol. The van der Waals surface area contributed by atoms with Crippen LogP contribution in [0.1, 0.15) is 27.0 Å². The summed E-state index contributed by atoms with van der Waals surface area (Å²) in [7, 11) is 0. The molecule has 37 heavy (non-hydrogen) atoms. The fourth-order valence-corrected chi connectivity index (χ4v) is 6.30. The van der Waals surface area contributed by atoms with Crippen molar-refractivity contribution in [3.63, 3.8) is 0 Å². The summed E-state index contributed by atoms with van der Waals surface area (Å²) in [5.41, 5.74) is 1.15. The molecule has 0 aliphatic rings. The lowest BCUT2D eigenvalue weighted by molar-refractivity contribution is 0.0526. The van der Waals surface area contributed by atoms with Crippen molar-refractivity contribution in [2.75, 3.05) is 6.61 Å². The molecule has 2 aromatic heterocycles. The molecule has 0 aliphatic carbocycles. The van der Waals surface area contributed by atoms with Gasteiger partial charge in [0.1, 0.15) is 17.5 Å². The SMILES string of the molecule is CCOC(=O)c1cc(F)cc(-c2ccc(F)c3cc(CO)sc23)c1.OCc1cc2c(F)ccc(Br)c2s1. The van der Waals surface area contributed by atoms with Gasteiger partial charge < -0.3 is 14.9 Å². The maximum atomic E-state index is 14.0. The summed E-state index contributed by atoms with van der Waals surface area (Å²) >= 11 is 5.97. The van der Waals surface area contributed by atoms with Gasteiger partial charge in [-0.2, -0.15) is 0 Å². The first kappa shape index (κ1) is 27.3. The van der Waals surface area contributed by atoms with E-state index in [0.717, 1.165) is 20.1 Å². The highest BCUT2D eigenvalue weighted by Crippen LogP contribution is 2.37. The molecule has 0 saturated heterocycles. The molecule has 0 atom stereocenters. The van der Waals surface area contributed by atoms with E-state index in [2.05, 4.69) is 15.9 Å². The van der Waals surface area contributed by atoms with Crippen molar-refractivity contribution in [3.05, 3.63) is 91.8 Å². The number of fused-ring (bicyclic) bond motifs is 2. The number of carbonyl (C=O) groups is 1. The Balaban J connectivity index is 0.000000207. The molecule has 4 nitrogen and oxygen atoms in total. The zero-order valence-electron chi connectivity index (χ0n) is 19.4. The van der Waals surface area contributed by atoms with Crippen LogP contribution >= 0.6 is 38.6 Å². The topological polar surface area (TPSA) is 66.8 Å². The van der Waals surface area contributed by atoms with E-state index >= 15 is 0 Å². The van der Waals surface area contributed by atoms with Gasteiger partial charge in [0, 0.05) is 29.7 Å². The molecular formula is C27H20BrF3O4S2. The highest BCUT2D eigenvalue weighted by atomic mass is 79.9. The number of rotatable bonds is 5. The first-order chi connectivity index (χ1) is 17.7. The minimum absolute atomic E-state index is 0.0365. The number of aliphatic hydroxyl groups is 2. The van der Waals surface area contributed by atoms with Crippen molar-refractivity contribution >= 4 is 64.7 Å². The average molecular weight is 609 g/mol. The molecule has 5 rings (SSSR count). The van der Waals surface area contributed by atoms with Crippen LogP contribution in [0.4, 0.5) is 13.2 Å². The summed E-state index contributed by atoms with van der Waals surface area (Å²) in [6.07, 6.45) is 0. The van der Waals surface area contributed by atoms with Crippen molar-refractivity contribution in [3.8, 4) is 11.1 Å². The second kappa shape index (κ2) is 11.7. The van der Waals surface area contributed by atoms with Crippen LogP contribution in [0, 0.1) is 17.5 Å². The summed E-state index contributed by atoms with van der Waals surface area (Å²) in [6, 6.07) is 13.1. The molecule has 0 amide bonds. The van der Waals surface area contributed by atoms with E-state index in [1.807, 2.05) is 0 Å². The third-order valence-electron chi connectivity index (χ3n) is 5.35. The van der Waals surface area contributed by atoms with E-state index in [1.54, 1.807) is 31.2 Å². The molecule has 192 valence electrons. The largest absolute Gasteiger partial charge is 0.462 e. The van der Waals surface area contributed by atoms with Crippen LogP contribution in [0.3, 0.4) is 0 Å². The highest BCUT2D eigenvalue weighted by Gasteiger charge is 2.16. The maximum absolute atomic E-state index is 14.0. The van der Waals surface area contributed by atoms with E-state index in [9.17, 15) is 23.1 Å². The first-order valence-corrected chi connectivity index (χ1v) is 13.5. The Bertz CT molecular complexity index is 1560. The number of hydrogen-bond acceptors (Lipinski definition) is 6. The number of ether oxygens (including phenoxy) is 1. The van der Waals surface area contributed by atoms with Crippen molar-refractivity contribution in [1.29, 1.82) is 0 Å². The number of hydrogen-bond donors (Lipinski definition) is 2. The average Bonchev–Trinajstić information content (AvgIpc) is 3.53. The summed E-state index contributed by atoms with van der Waals surface area (Å²) < 4.78 is 48.4. The van der Waals surface area contributed by atoms with Gasteiger partial charge in [-0.25, -0.2) is 18.0 Å². The van der Waals surface area contributed by atoms with Crippen LogP contribution < -0.4 is 0 Å². The standard InChI is InChI=1S/C18H14F2O3S.C9H6BrFOS/c1-2-23-18(22)11-5-10(6-12(19)7-11)14-3-4-16(20)15-8-13(9-21)24-17(14)15;10-7-1-2-8(11)6-3-5(4-12)13-9(6)7/h3-8,21H,2,9H2,1H3;1-3,12H,4H2. The van der Waals surface area contributed by atoms with E-state index < -0.39 is 17.6 Å². The Morgan fingerprint density at radius 3 is 2.05 bits per heavy atom. The predicted molar refractivity (Wildman–Crippen MR) is 144 cm³/mol. The maximum Gasteiger partial charge on any atom is 0.338 e. The van der Waals surface area contributed by atoms with Gasteiger partial charge >= 0.3 is 5.97 Å². The number of esters is 1. The smallest absolute Gasteiger partial charge is 0.338 e. The lowest BCUT2D eigenvalue weighted by atomic mass is 10.0. The molecule has 0 bridgehead atoms. The minimum atomic E-state index is -0.612. The van der Waals surface area contributed by atoms with Crippen molar-refractivity contribution in [2.45, 2.75) is 20.1 Å². The molecule has 2 heterocycles. The van der Waals surface area contributed by atoms with Gasteiger partial charge in [0.2, 0.25) is 0 Å². The van der Waals surface area contributed by atoms with Crippen LogP contribution in [-0.2, 0) is 18.0 Å².